The highest BCUT2D eigenvalue weighted by Gasteiger charge is 2.30. The first-order chi connectivity index (χ1) is 13.5. The molecule has 1 N–H and O–H groups in total. The van der Waals surface area contributed by atoms with Crippen molar-refractivity contribution in [2.24, 2.45) is 0 Å². The highest BCUT2D eigenvalue weighted by molar-refractivity contribution is 5.90. The number of carbonyl (C=O) groups excluding carboxylic acids is 1. The first-order valence-electron chi connectivity index (χ1n) is 9.22. The number of rotatable bonds is 3. The standard InChI is InChI=1S/C22H19F3N2O/c23-18-10-11-19(21(25)20(18)24)26-22(28)27-12-4-8-16(27)13-15-7-3-6-14-5-1-2-9-17(14)15/h1-3,5-7,9-11,16H,4,8,12-13H2,(H,26,28). The second kappa shape index (κ2) is 7.54. The molecule has 0 aliphatic carbocycles. The second-order valence-corrected chi connectivity index (χ2v) is 6.98. The monoisotopic (exact) mass is 384 g/mol. The number of nitrogens with one attached hydrogen (secondary N) is 1. The minimum Gasteiger partial charge on any atom is -0.321 e. The summed E-state index contributed by atoms with van der Waals surface area (Å²) in [6.45, 7) is 0.534. The fraction of sp³-hybridized carbons (Fsp3) is 0.227. The molecule has 3 aromatic rings. The molecule has 0 spiro atoms. The maximum Gasteiger partial charge on any atom is 0.322 e. The lowest BCUT2D eigenvalue weighted by Gasteiger charge is -2.25. The lowest BCUT2D eigenvalue weighted by molar-refractivity contribution is 0.206. The van der Waals surface area contributed by atoms with Crippen molar-refractivity contribution in [3.63, 3.8) is 0 Å². The Morgan fingerprint density at radius 2 is 1.79 bits per heavy atom. The van der Waals surface area contributed by atoms with E-state index in [4.69, 9.17) is 0 Å². The van der Waals surface area contributed by atoms with Crippen molar-refractivity contribution in [2.75, 3.05) is 11.9 Å². The Kier molecular flexibility index (Phi) is 4.94. The fourth-order valence-corrected chi connectivity index (χ4v) is 3.85. The van der Waals surface area contributed by atoms with Gasteiger partial charge in [0.25, 0.3) is 0 Å². The third-order valence-electron chi connectivity index (χ3n) is 5.25. The molecular weight excluding hydrogens is 365 g/mol. The summed E-state index contributed by atoms with van der Waals surface area (Å²) in [7, 11) is 0. The third-order valence-corrected chi connectivity index (χ3v) is 5.25. The van der Waals surface area contributed by atoms with Gasteiger partial charge < -0.3 is 10.2 Å². The maximum absolute atomic E-state index is 13.9. The Hall–Kier alpha value is -3.02. The summed E-state index contributed by atoms with van der Waals surface area (Å²) in [5.74, 6) is -4.27. The molecule has 3 nitrogen and oxygen atoms in total. The molecule has 1 aliphatic rings. The van der Waals surface area contributed by atoms with E-state index in [0.29, 0.717) is 13.0 Å². The minimum atomic E-state index is -1.59. The fourth-order valence-electron chi connectivity index (χ4n) is 3.85. The molecule has 144 valence electrons. The summed E-state index contributed by atoms with van der Waals surface area (Å²) in [4.78, 5) is 14.3. The molecule has 1 heterocycles. The summed E-state index contributed by atoms with van der Waals surface area (Å²) in [6, 6.07) is 15.4. The molecule has 0 radical (unpaired) electrons. The normalized spacial score (nSPS) is 16.5. The lowest BCUT2D eigenvalue weighted by Crippen LogP contribution is -2.40. The smallest absolute Gasteiger partial charge is 0.321 e. The average Bonchev–Trinajstić information content (AvgIpc) is 3.17. The van der Waals surface area contributed by atoms with Crippen LogP contribution in [0.25, 0.3) is 10.8 Å². The van der Waals surface area contributed by atoms with E-state index < -0.39 is 23.5 Å². The number of hydrogen-bond acceptors (Lipinski definition) is 1. The molecule has 3 aromatic carbocycles. The van der Waals surface area contributed by atoms with E-state index in [1.54, 1.807) is 4.90 Å². The molecule has 6 heteroatoms. The van der Waals surface area contributed by atoms with E-state index in [9.17, 15) is 18.0 Å². The molecule has 28 heavy (non-hydrogen) atoms. The van der Waals surface area contributed by atoms with E-state index in [-0.39, 0.29) is 11.7 Å². The van der Waals surface area contributed by atoms with Crippen LogP contribution in [0.15, 0.2) is 54.6 Å². The van der Waals surface area contributed by atoms with Crippen LogP contribution in [0.1, 0.15) is 18.4 Å². The Morgan fingerprint density at radius 3 is 2.64 bits per heavy atom. The summed E-state index contributed by atoms with van der Waals surface area (Å²) in [6.07, 6.45) is 2.34. The quantitative estimate of drug-likeness (QED) is 0.595. The predicted octanol–water partition coefficient (Wildman–Crippen LogP) is 5.50. The van der Waals surface area contributed by atoms with Crippen molar-refractivity contribution in [3.05, 3.63) is 77.6 Å². The highest BCUT2D eigenvalue weighted by atomic mass is 19.2. The Bertz CT molecular complexity index is 1030. The number of nitrogens with zero attached hydrogens (tertiary/aromatic N) is 1. The van der Waals surface area contributed by atoms with Crippen LogP contribution in [0.2, 0.25) is 0 Å². The Morgan fingerprint density at radius 1 is 1.00 bits per heavy atom. The van der Waals surface area contributed by atoms with Crippen LogP contribution >= 0.6 is 0 Å². The molecule has 1 unspecified atom stereocenters. The number of fused-ring (bicyclic) bond motifs is 1. The molecule has 0 bridgehead atoms. The number of urea groups is 1. The van der Waals surface area contributed by atoms with Gasteiger partial charge in [-0.25, -0.2) is 18.0 Å². The van der Waals surface area contributed by atoms with Crippen LogP contribution in [0.4, 0.5) is 23.7 Å². The van der Waals surface area contributed by atoms with Crippen molar-refractivity contribution >= 4 is 22.5 Å². The second-order valence-electron chi connectivity index (χ2n) is 6.98. The number of amides is 2. The van der Waals surface area contributed by atoms with E-state index in [1.807, 2.05) is 36.4 Å². The van der Waals surface area contributed by atoms with Crippen molar-refractivity contribution in [1.29, 1.82) is 0 Å². The number of anilines is 1. The van der Waals surface area contributed by atoms with Gasteiger partial charge in [0.15, 0.2) is 17.5 Å². The van der Waals surface area contributed by atoms with Crippen LogP contribution < -0.4 is 5.32 Å². The van der Waals surface area contributed by atoms with Gasteiger partial charge in [-0.3, -0.25) is 0 Å². The van der Waals surface area contributed by atoms with E-state index in [0.717, 1.165) is 41.3 Å². The van der Waals surface area contributed by atoms with Crippen LogP contribution in [-0.2, 0) is 6.42 Å². The number of halogens is 3. The molecule has 1 atom stereocenters. The van der Waals surface area contributed by atoms with Crippen LogP contribution in [0.3, 0.4) is 0 Å². The minimum absolute atomic E-state index is 0.0424. The van der Waals surface area contributed by atoms with Gasteiger partial charge in [0, 0.05) is 12.6 Å². The molecule has 0 saturated carbocycles. The van der Waals surface area contributed by atoms with E-state index >= 15 is 0 Å². The number of carbonyl (C=O) groups is 1. The van der Waals surface area contributed by atoms with Crippen LogP contribution in [0, 0.1) is 17.5 Å². The Labute approximate surface area is 160 Å². The molecule has 2 amide bonds. The molecule has 1 fully saturated rings. The van der Waals surface area contributed by atoms with Crippen molar-refractivity contribution < 1.29 is 18.0 Å². The van der Waals surface area contributed by atoms with Gasteiger partial charge in [-0.2, -0.15) is 0 Å². The third kappa shape index (κ3) is 3.42. The first kappa shape index (κ1) is 18.3. The van der Waals surface area contributed by atoms with Crippen molar-refractivity contribution in [3.8, 4) is 0 Å². The molecule has 1 saturated heterocycles. The zero-order valence-corrected chi connectivity index (χ0v) is 15.1. The van der Waals surface area contributed by atoms with Gasteiger partial charge in [-0.15, -0.1) is 0 Å². The lowest BCUT2D eigenvalue weighted by atomic mass is 9.98. The van der Waals surface area contributed by atoms with Gasteiger partial charge in [0.2, 0.25) is 0 Å². The number of benzene rings is 3. The van der Waals surface area contributed by atoms with Crippen molar-refractivity contribution in [1.82, 2.24) is 4.90 Å². The molecule has 1 aliphatic heterocycles. The molecule has 4 rings (SSSR count). The van der Waals surface area contributed by atoms with Gasteiger partial charge in [-0.1, -0.05) is 42.5 Å². The molecule has 0 aromatic heterocycles. The summed E-state index contributed by atoms with van der Waals surface area (Å²) >= 11 is 0. The SMILES string of the molecule is O=C(Nc1ccc(F)c(F)c1F)N1CCCC1Cc1cccc2ccccc12. The van der Waals surface area contributed by atoms with Crippen LogP contribution in [0.5, 0.6) is 0 Å². The Balaban J connectivity index is 1.53. The summed E-state index contributed by atoms with van der Waals surface area (Å²) < 4.78 is 40.4. The predicted molar refractivity (Wildman–Crippen MR) is 103 cm³/mol. The van der Waals surface area contributed by atoms with E-state index in [2.05, 4.69) is 11.4 Å². The van der Waals surface area contributed by atoms with Gasteiger partial charge in [-0.05, 0) is 47.7 Å². The molecular formula is C22H19F3N2O. The van der Waals surface area contributed by atoms with Gasteiger partial charge in [0.05, 0.1) is 5.69 Å². The zero-order chi connectivity index (χ0) is 19.7. The van der Waals surface area contributed by atoms with E-state index in [1.165, 1.54) is 0 Å². The number of hydrogen-bond donors (Lipinski definition) is 1. The van der Waals surface area contributed by atoms with Gasteiger partial charge in [0.1, 0.15) is 0 Å². The summed E-state index contributed by atoms with van der Waals surface area (Å²) in [5.41, 5.74) is 0.779. The van der Waals surface area contributed by atoms with Crippen LogP contribution in [-0.4, -0.2) is 23.5 Å². The topological polar surface area (TPSA) is 32.3 Å². The number of likely N-dealkylation sites (tertiary alicyclic amines) is 1. The highest BCUT2D eigenvalue weighted by Crippen LogP contribution is 2.27. The zero-order valence-electron chi connectivity index (χ0n) is 15.1. The first-order valence-corrected chi connectivity index (χ1v) is 9.22. The summed E-state index contributed by atoms with van der Waals surface area (Å²) in [5, 5.41) is 4.66. The maximum atomic E-state index is 13.9. The largest absolute Gasteiger partial charge is 0.322 e. The average molecular weight is 384 g/mol. The van der Waals surface area contributed by atoms with Gasteiger partial charge >= 0.3 is 6.03 Å². The van der Waals surface area contributed by atoms with Crippen molar-refractivity contribution in [2.45, 2.75) is 25.3 Å².